The standard InChI is InChI=1S/C18H28N2O/c1-18(2)10-5-7-15(18)16(20-19)12-13-9-11-21-17-8-4-3-6-14(13)17/h3-4,6,8,13,15-16,20H,5,7,9-12,19H2,1-2H3. The van der Waals surface area contributed by atoms with Gasteiger partial charge in [0, 0.05) is 6.04 Å². The predicted octanol–water partition coefficient (Wildman–Crippen LogP) is 3.60. The molecule has 0 bridgehead atoms. The van der Waals surface area contributed by atoms with Gasteiger partial charge in [-0.05, 0) is 54.6 Å². The van der Waals surface area contributed by atoms with Gasteiger partial charge in [0.1, 0.15) is 5.75 Å². The van der Waals surface area contributed by atoms with Crippen molar-refractivity contribution in [2.45, 2.75) is 57.9 Å². The number of ether oxygens (including phenoxy) is 1. The first kappa shape index (κ1) is 14.9. The third-order valence-corrected chi connectivity index (χ3v) is 5.66. The fraction of sp³-hybridized carbons (Fsp3) is 0.667. The Bertz CT molecular complexity index is 486. The highest BCUT2D eigenvalue weighted by Gasteiger charge is 2.40. The number of hydrazine groups is 1. The molecule has 3 unspecified atom stereocenters. The van der Waals surface area contributed by atoms with Crippen LogP contribution in [0.2, 0.25) is 0 Å². The van der Waals surface area contributed by atoms with Crippen LogP contribution in [0.4, 0.5) is 0 Å². The number of benzene rings is 1. The zero-order valence-electron chi connectivity index (χ0n) is 13.3. The average molecular weight is 288 g/mol. The molecule has 0 spiro atoms. The van der Waals surface area contributed by atoms with Gasteiger partial charge < -0.3 is 4.74 Å². The molecule has 1 saturated carbocycles. The molecule has 0 aromatic heterocycles. The van der Waals surface area contributed by atoms with Crippen molar-refractivity contribution in [3.05, 3.63) is 29.8 Å². The molecular formula is C18H28N2O. The maximum Gasteiger partial charge on any atom is 0.122 e. The molecule has 1 aromatic carbocycles. The van der Waals surface area contributed by atoms with Crippen LogP contribution in [0.25, 0.3) is 0 Å². The molecule has 21 heavy (non-hydrogen) atoms. The van der Waals surface area contributed by atoms with Gasteiger partial charge in [-0.25, -0.2) is 0 Å². The number of hydrogen-bond donors (Lipinski definition) is 2. The van der Waals surface area contributed by atoms with Crippen LogP contribution in [0.15, 0.2) is 24.3 Å². The first-order valence-corrected chi connectivity index (χ1v) is 8.29. The molecule has 0 saturated heterocycles. The molecule has 3 atom stereocenters. The fourth-order valence-corrected chi connectivity index (χ4v) is 4.42. The van der Waals surface area contributed by atoms with Crippen molar-refractivity contribution in [3.8, 4) is 5.75 Å². The maximum atomic E-state index is 5.93. The van der Waals surface area contributed by atoms with E-state index in [2.05, 4.69) is 43.5 Å². The van der Waals surface area contributed by atoms with E-state index in [1.807, 2.05) is 0 Å². The molecule has 2 aliphatic rings. The van der Waals surface area contributed by atoms with Gasteiger partial charge in [-0.2, -0.15) is 0 Å². The Kier molecular flexibility index (Phi) is 4.23. The van der Waals surface area contributed by atoms with Crippen LogP contribution in [0.1, 0.15) is 57.4 Å². The molecule has 1 heterocycles. The van der Waals surface area contributed by atoms with E-state index >= 15 is 0 Å². The van der Waals surface area contributed by atoms with E-state index in [4.69, 9.17) is 10.6 Å². The summed E-state index contributed by atoms with van der Waals surface area (Å²) < 4.78 is 5.78. The SMILES string of the molecule is CC1(C)CCCC1C(CC1CCOc2ccccc21)NN. The third-order valence-electron chi connectivity index (χ3n) is 5.66. The molecular weight excluding hydrogens is 260 g/mol. The van der Waals surface area contributed by atoms with Crippen molar-refractivity contribution >= 4 is 0 Å². The monoisotopic (exact) mass is 288 g/mol. The van der Waals surface area contributed by atoms with Gasteiger partial charge in [0.15, 0.2) is 0 Å². The second-order valence-corrected chi connectivity index (χ2v) is 7.37. The van der Waals surface area contributed by atoms with Crippen molar-refractivity contribution < 1.29 is 4.74 Å². The molecule has 0 radical (unpaired) electrons. The Labute approximate surface area is 128 Å². The van der Waals surface area contributed by atoms with Gasteiger partial charge in [-0.15, -0.1) is 0 Å². The largest absolute Gasteiger partial charge is 0.493 e. The average Bonchev–Trinajstić information content (AvgIpc) is 2.84. The molecule has 116 valence electrons. The highest BCUT2D eigenvalue weighted by atomic mass is 16.5. The van der Waals surface area contributed by atoms with Gasteiger partial charge in [0.05, 0.1) is 6.61 Å². The maximum absolute atomic E-state index is 5.93. The number of hydrogen-bond acceptors (Lipinski definition) is 3. The predicted molar refractivity (Wildman–Crippen MR) is 86.1 cm³/mol. The molecule has 3 N–H and O–H groups in total. The molecule has 1 aliphatic heterocycles. The lowest BCUT2D eigenvalue weighted by Crippen LogP contribution is -2.45. The topological polar surface area (TPSA) is 47.3 Å². The highest BCUT2D eigenvalue weighted by Crippen LogP contribution is 2.47. The Morgan fingerprint density at radius 2 is 2.14 bits per heavy atom. The third kappa shape index (κ3) is 2.95. The molecule has 3 rings (SSSR count). The van der Waals surface area contributed by atoms with Crippen LogP contribution in [-0.2, 0) is 0 Å². The summed E-state index contributed by atoms with van der Waals surface area (Å²) in [5.74, 6) is 8.24. The number of fused-ring (bicyclic) bond motifs is 1. The van der Waals surface area contributed by atoms with Crippen molar-refractivity contribution in [2.75, 3.05) is 6.61 Å². The van der Waals surface area contributed by atoms with E-state index in [9.17, 15) is 0 Å². The van der Waals surface area contributed by atoms with E-state index in [0.717, 1.165) is 25.2 Å². The first-order valence-electron chi connectivity index (χ1n) is 8.29. The molecule has 1 fully saturated rings. The number of para-hydroxylation sites is 1. The van der Waals surface area contributed by atoms with Crippen LogP contribution < -0.4 is 16.0 Å². The molecule has 1 aromatic rings. The minimum absolute atomic E-state index is 0.402. The normalized spacial score (nSPS) is 28.7. The van der Waals surface area contributed by atoms with Crippen LogP contribution in [0.3, 0.4) is 0 Å². The van der Waals surface area contributed by atoms with Crippen molar-refractivity contribution in [2.24, 2.45) is 17.2 Å². The van der Waals surface area contributed by atoms with E-state index in [1.54, 1.807) is 0 Å². The highest BCUT2D eigenvalue weighted by molar-refractivity contribution is 5.37. The zero-order valence-corrected chi connectivity index (χ0v) is 13.3. The number of rotatable bonds is 4. The van der Waals surface area contributed by atoms with E-state index < -0.39 is 0 Å². The Hall–Kier alpha value is -1.06. The minimum Gasteiger partial charge on any atom is -0.493 e. The fourth-order valence-electron chi connectivity index (χ4n) is 4.42. The van der Waals surface area contributed by atoms with Crippen molar-refractivity contribution in [1.29, 1.82) is 0 Å². The summed E-state index contributed by atoms with van der Waals surface area (Å²) in [5, 5.41) is 0. The Morgan fingerprint density at radius 3 is 2.86 bits per heavy atom. The van der Waals surface area contributed by atoms with Crippen molar-refractivity contribution in [1.82, 2.24) is 5.43 Å². The lowest BCUT2D eigenvalue weighted by atomic mass is 9.74. The minimum atomic E-state index is 0.402. The Morgan fingerprint density at radius 1 is 1.33 bits per heavy atom. The van der Waals surface area contributed by atoms with Gasteiger partial charge >= 0.3 is 0 Å². The lowest BCUT2D eigenvalue weighted by Gasteiger charge is -2.37. The van der Waals surface area contributed by atoms with E-state index in [0.29, 0.717) is 23.3 Å². The summed E-state index contributed by atoms with van der Waals surface area (Å²) in [7, 11) is 0. The van der Waals surface area contributed by atoms with Crippen LogP contribution >= 0.6 is 0 Å². The zero-order chi connectivity index (χ0) is 14.9. The quantitative estimate of drug-likeness (QED) is 0.657. The second kappa shape index (κ2) is 5.98. The second-order valence-electron chi connectivity index (χ2n) is 7.37. The van der Waals surface area contributed by atoms with Crippen LogP contribution in [0, 0.1) is 11.3 Å². The van der Waals surface area contributed by atoms with Gasteiger partial charge in [0.2, 0.25) is 0 Å². The van der Waals surface area contributed by atoms with Crippen molar-refractivity contribution in [3.63, 3.8) is 0 Å². The number of nitrogens with one attached hydrogen (secondary N) is 1. The van der Waals surface area contributed by atoms with E-state index in [-0.39, 0.29) is 0 Å². The van der Waals surface area contributed by atoms with E-state index in [1.165, 1.54) is 24.8 Å². The summed E-state index contributed by atoms with van der Waals surface area (Å²) in [6.45, 7) is 5.62. The van der Waals surface area contributed by atoms with Crippen LogP contribution in [-0.4, -0.2) is 12.6 Å². The van der Waals surface area contributed by atoms with Gasteiger partial charge in [-0.3, -0.25) is 11.3 Å². The molecule has 0 amide bonds. The summed E-state index contributed by atoms with van der Waals surface area (Å²) in [6.07, 6.45) is 6.17. The number of nitrogens with two attached hydrogens (primary N) is 1. The Balaban J connectivity index is 1.76. The summed E-state index contributed by atoms with van der Waals surface area (Å²) >= 11 is 0. The summed E-state index contributed by atoms with van der Waals surface area (Å²) in [5.41, 5.74) is 4.90. The summed E-state index contributed by atoms with van der Waals surface area (Å²) in [4.78, 5) is 0. The lowest BCUT2D eigenvalue weighted by molar-refractivity contribution is 0.173. The smallest absolute Gasteiger partial charge is 0.122 e. The van der Waals surface area contributed by atoms with Gasteiger partial charge in [0.25, 0.3) is 0 Å². The molecule has 3 nitrogen and oxygen atoms in total. The first-order chi connectivity index (χ1) is 10.1. The summed E-state index contributed by atoms with van der Waals surface area (Å²) in [6, 6.07) is 8.88. The molecule has 1 aliphatic carbocycles. The van der Waals surface area contributed by atoms with Crippen LogP contribution in [0.5, 0.6) is 5.75 Å². The molecule has 3 heteroatoms. The van der Waals surface area contributed by atoms with Gasteiger partial charge in [-0.1, -0.05) is 38.5 Å².